The van der Waals surface area contributed by atoms with E-state index in [0.29, 0.717) is 0 Å². The highest BCUT2D eigenvalue weighted by molar-refractivity contribution is 6.83. The van der Waals surface area contributed by atoms with Gasteiger partial charge in [0.1, 0.15) is 5.82 Å². The molecule has 0 aliphatic rings. The topological polar surface area (TPSA) is 30.7 Å². The van der Waals surface area contributed by atoms with E-state index in [2.05, 4.69) is 108 Å². The SMILES string of the molecule is CB(c1cccc(-c2ccc3c4ccccc4n(-c4ncccc4C)c3c2)c1)c1ccccn1. The van der Waals surface area contributed by atoms with E-state index < -0.39 is 0 Å². The van der Waals surface area contributed by atoms with Gasteiger partial charge in [-0.3, -0.25) is 9.55 Å². The molecule has 162 valence electrons. The maximum absolute atomic E-state index is 4.75. The zero-order chi connectivity index (χ0) is 23.1. The summed E-state index contributed by atoms with van der Waals surface area (Å²) in [6.07, 6.45) is 3.73. The molecule has 6 aromatic rings. The third-order valence-electron chi connectivity index (χ3n) is 6.72. The largest absolute Gasteiger partial charge is 0.294 e. The number of pyridine rings is 2. The summed E-state index contributed by atoms with van der Waals surface area (Å²) in [4.78, 5) is 9.32. The van der Waals surface area contributed by atoms with Crippen LogP contribution < -0.4 is 11.1 Å². The van der Waals surface area contributed by atoms with Crippen molar-refractivity contribution in [2.75, 3.05) is 0 Å². The van der Waals surface area contributed by atoms with Crippen LogP contribution >= 0.6 is 0 Å². The first kappa shape index (κ1) is 20.4. The Labute approximate surface area is 199 Å². The van der Waals surface area contributed by atoms with E-state index in [0.717, 1.165) is 17.0 Å². The number of fused-ring (bicyclic) bond motifs is 3. The van der Waals surface area contributed by atoms with Crippen LogP contribution in [0.5, 0.6) is 0 Å². The van der Waals surface area contributed by atoms with Crippen molar-refractivity contribution in [1.82, 2.24) is 14.5 Å². The average molecular weight is 437 g/mol. The third kappa shape index (κ3) is 3.39. The molecule has 3 heterocycles. The predicted octanol–water partition coefficient (Wildman–Crippen LogP) is 5.79. The van der Waals surface area contributed by atoms with Crippen LogP contribution in [0.1, 0.15) is 5.56 Å². The molecule has 0 spiro atoms. The molecular formula is C30H24BN3. The smallest absolute Gasteiger partial charge is 0.230 e. The summed E-state index contributed by atoms with van der Waals surface area (Å²) in [6.45, 7) is 4.56. The average Bonchev–Trinajstić information content (AvgIpc) is 3.23. The Hall–Kier alpha value is -4.18. The number of para-hydroxylation sites is 1. The summed E-state index contributed by atoms with van der Waals surface area (Å²) in [6, 6.07) is 34.4. The molecule has 0 radical (unpaired) electrons. The summed E-state index contributed by atoms with van der Waals surface area (Å²) in [5.41, 5.74) is 8.24. The maximum Gasteiger partial charge on any atom is 0.230 e. The van der Waals surface area contributed by atoms with Crippen molar-refractivity contribution in [3.05, 3.63) is 115 Å². The predicted molar refractivity (Wildman–Crippen MR) is 144 cm³/mol. The minimum absolute atomic E-state index is 0.229. The van der Waals surface area contributed by atoms with Crippen molar-refractivity contribution < 1.29 is 0 Å². The number of benzene rings is 3. The van der Waals surface area contributed by atoms with Crippen LogP contribution in [0.25, 0.3) is 38.8 Å². The van der Waals surface area contributed by atoms with Gasteiger partial charge in [0.05, 0.1) is 11.0 Å². The van der Waals surface area contributed by atoms with Crippen LogP contribution in [0.2, 0.25) is 6.82 Å². The number of hydrogen-bond donors (Lipinski definition) is 0. The van der Waals surface area contributed by atoms with E-state index in [1.165, 1.54) is 38.4 Å². The molecule has 0 saturated heterocycles. The number of nitrogens with zero attached hydrogens (tertiary/aromatic N) is 3. The summed E-state index contributed by atoms with van der Waals surface area (Å²) >= 11 is 0. The number of aryl methyl sites for hydroxylation is 1. The van der Waals surface area contributed by atoms with Crippen LogP contribution in [0, 0.1) is 6.92 Å². The lowest BCUT2D eigenvalue weighted by Gasteiger charge is -2.12. The second-order valence-corrected chi connectivity index (χ2v) is 8.83. The molecule has 0 amide bonds. The van der Waals surface area contributed by atoms with E-state index in [-0.39, 0.29) is 6.71 Å². The molecule has 0 unspecified atom stereocenters. The van der Waals surface area contributed by atoms with E-state index in [1.54, 1.807) is 0 Å². The molecule has 0 aliphatic heterocycles. The van der Waals surface area contributed by atoms with E-state index in [1.807, 2.05) is 24.5 Å². The molecule has 0 N–H and O–H groups in total. The Morgan fingerprint density at radius 3 is 2.29 bits per heavy atom. The molecule has 0 atom stereocenters. The number of rotatable bonds is 4. The van der Waals surface area contributed by atoms with Gasteiger partial charge in [0, 0.05) is 28.8 Å². The lowest BCUT2D eigenvalue weighted by Crippen LogP contribution is -2.40. The van der Waals surface area contributed by atoms with E-state index in [9.17, 15) is 0 Å². The van der Waals surface area contributed by atoms with Gasteiger partial charge < -0.3 is 0 Å². The van der Waals surface area contributed by atoms with Gasteiger partial charge in [0.25, 0.3) is 0 Å². The van der Waals surface area contributed by atoms with Crippen LogP contribution in [-0.2, 0) is 0 Å². The van der Waals surface area contributed by atoms with Gasteiger partial charge in [-0.05, 0) is 53.9 Å². The fourth-order valence-corrected chi connectivity index (χ4v) is 4.88. The summed E-state index contributed by atoms with van der Waals surface area (Å²) in [5.74, 6) is 0.975. The van der Waals surface area contributed by atoms with Crippen molar-refractivity contribution in [2.45, 2.75) is 13.7 Å². The van der Waals surface area contributed by atoms with Gasteiger partial charge in [0.15, 0.2) is 0 Å². The molecule has 4 heteroatoms. The van der Waals surface area contributed by atoms with Gasteiger partial charge in [-0.2, -0.15) is 0 Å². The third-order valence-corrected chi connectivity index (χ3v) is 6.72. The summed E-state index contributed by atoms with van der Waals surface area (Å²) in [5, 5.41) is 2.48. The van der Waals surface area contributed by atoms with E-state index in [4.69, 9.17) is 4.98 Å². The Balaban J connectivity index is 1.53. The molecule has 3 nitrogen and oxygen atoms in total. The Bertz CT molecular complexity index is 1640. The van der Waals surface area contributed by atoms with Crippen LogP contribution in [-0.4, -0.2) is 21.2 Å². The molecular weight excluding hydrogens is 413 g/mol. The second-order valence-electron chi connectivity index (χ2n) is 8.83. The molecule has 3 aromatic carbocycles. The molecule has 0 aliphatic carbocycles. The Morgan fingerprint density at radius 2 is 1.44 bits per heavy atom. The van der Waals surface area contributed by atoms with Crippen LogP contribution in [0.15, 0.2) is 109 Å². The van der Waals surface area contributed by atoms with Crippen molar-refractivity contribution >= 4 is 39.6 Å². The monoisotopic (exact) mass is 437 g/mol. The van der Waals surface area contributed by atoms with Crippen molar-refractivity contribution in [1.29, 1.82) is 0 Å². The molecule has 0 fully saturated rings. The molecule has 3 aromatic heterocycles. The van der Waals surface area contributed by atoms with Crippen LogP contribution in [0.4, 0.5) is 0 Å². The first-order chi connectivity index (χ1) is 16.7. The van der Waals surface area contributed by atoms with Crippen molar-refractivity contribution in [2.24, 2.45) is 0 Å². The second kappa shape index (κ2) is 8.31. The first-order valence-corrected chi connectivity index (χ1v) is 11.7. The van der Waals surface area contributed by atoms with Gasteiger partial charge in [-0.25, -0.2) is 4.98 Å². The van der Waals surface area contributed by atoms with E-state index >= 15 is 0 Å². The highest BCUT2D eigenvalue weighted by atomic mass is 15.1. The van der Waals surface area contributed by atoms with Crippen molar-refractivity contribution in [3.63, 3.8) is 0 Å². The zero-order valence-corrected chi connectivity index (χ0v) is 19.3. The fourth-order valence-electron chi connectivity index (χ4n) is 4.88. The highest BCUT2D eigenvalue weighted by Crippen LogP contribution is 2.34. The highest BCUT2D eigenvalue weighted by Gasteiger charge is 2.17. The van der Waals surface area contributed by atoms with Gasteiger partial charge in [-0.15, -0.1) is 0 Å². The summed E-state index contributed by atoms with van der Waals surface area (Å²) in [7, 11) is 0. The normalized spacial score (nSPS) is 11.2. The summed E-state index contributed by atoms with van der Waals surface area (Å²) < 4.78 is 2.30. The zero-order valence-electron chi connectivity index (χ0n) is 19.3. The minimum atomic E-state index is 0.229. The minimum Gasteiger partial charge on any atom is -0.294 e. The Morgan fingerprint density at radius 1 is 0.647 bits per heavy atom. The quantitative estimate of drug-likeness (QED) is 0.327. The maximum atomic E-state index is 4.75. The first-order valence-electron chi connectivity index (χ1n) is 11.7. The van der Waals surface area contributed by atoms with Crippen molar-refractivity contribution in [3.8, 4) is 16.9 Å². The molecule has 0 saturated carbocycles. The van der Waals surface area contributed by atoms with Gasteiger partial charge in [-0.1, -0.05) is 79.0 Å². The lowest BCUT2D eigenvalue weighted by atomic mass is 9.44. The molecule has 34 heavy (non-hydrogen) atoms. The number of hydrogen-bond acceptors (Lipinski definition) is 2. The number of aromatic nitrogens is 3. The van der Waals surface area contributed by atoms with Gasteiger partial charge in [0.2, 0.25) is 6.71 Å². The lowest BCUT2D eigenvalue weighted by molar-refractivity contribution is 1.05. The molecule has 0 bridgehead atoms. The fraction of sp³-hybridized carbons (Fsp3) is 0.0667. The van der Waals surface area contributed by atoms with Gasteiger partial charge >= 0.3 is 0 Å². The Kier molecular flexibility index (Phi) is 4.99. The molecule has 6 rings (SSSR count). The standard InChI is InChI=1S/C30H24BN3/c1-21-9-8-18-33-30(21)34-27-13-4-3-12-25(27)26-16-15-23(20-28(26)34)22-10-7-11-24(19-22)31(2)29-14-5-6-17-32-29/h3-20H,1-2H3. The van der Waals surface area contributed by atoms with Crippen LogP contribution in [0.3, 0.4) is 0 Å².